The molecule has 0 unspecified atom stereocenters. The van der Waals surface area contributed by atoms with Crippen molar-refractivity contribution in [3.8, 4) is 6.07 Å². The molecule has 0 radical (unpaired) electrons. The Hall–Kier alpha value is -1.57. The van der Waals surface area contributed by atoms with Gasteiger partial charge in [-0.1, -0.05) is 0 Å². The first kappa shape index (κ1) is 12.1. The van der Waals surface area contributed by atoms with Crippen molar-refractivity contribution < 1.29 is 19.4 Å². The predicted octanol–water partition coefficient (Wildman–Crippen LogP) is 0.164. The summed E-state index contributed by atoms with van der Waals surface area (Å²) in [6.07, 6.45) is -0.156. The number of methoxy groups -OCH3 is 1. The summed E-state index contributed by atoms with van der Waals surface area (Å²) in [6, 6.07) is 1.64. The van der Waals surface area contributed by atoms with Gasteiger partial charge in [-0.3, -0.25) is 9.59 Å². The van der Waals surface area contributed by atoms with E-state index in [0.29, 0.717) is 0 Å². The molecule has 0 aromatic carbocycles. The van der Waals surface area contributed by atoms with Gasteiger partial charge in [-0.2, -0.15) is 5.26 Å². The molecular formula is C6H9NO4. The summed E-state index contributed by atoms with van der Waals surface area (Å²) in [5.74, 6) is -1.32. The van der Waals surface area contributed by atoms with E-state index in [1.54, 1.807) is 6.07 Å². The minimum absolute atomic E-state index is 0.156. The maximum absolute atomic E-state index is 9.97. The molecule has 0 bridgehead atoms. The maximum Gasteiger partial charge on any atom is 0.319 e. The first-order valence-electron chi connectivity index (χ1n) is 2.67. The van der Waals surface area contributed by atoms with Crippen LogP contribution in [0.2, 0.25) is 0 Å². The third-order valence-corrected chi connectivity index (χ3v) is 0.451. The highest BCUT2D eigenvalue weighted by atomic mass is 16.5. The van der Waals surface area contributed by atoms with E-state index < -0.39 is 11.9 Å². The molecule has 5 nitrogen and oxygen atoms in total. The van der Waals surface area contributed by atoms with Crippen LogP contribution in [0.4, 0.5) is 0 Å². The summed E-state index contributed by atoms with van der Waals surface area (Å²) in [5.41, 5.74) is 0. The summed E-state index contributed by atoms with van der Waals surface area (Å²) in [6.45, 7) is 1.08. The highest BCUT2D eigenvalue weighted by Crippen LogP contribution is 1.76. The van der Waals surface area contributed by atoms with E-state index in [1.165, 1.54) is 7.11 Å². The maximum atomic E-state index is 9.97. The monoisotopic (exact) mass is 159 g/mol. The first-order valence-corrected chi connectivity index (χ1v) is 2.67. The van der Waals surface area contributed by atoms with Gasteiger partial charge in [0.05, 0.1) is 13.2 Å². The van der Waals surface area contributed by atoms with Gasteiger partial charge in [0.25, 0.3) is 5.97 Å². The smallest absolute Gasteiger partial charge is 0.319 e. The van der Waals surface area contributed by atoms with Crippen molar-refractivity contribution in [2.75, 3.05) is 7.11 Å². The van der Waals surface area contributed by atoms with Gasteiger partial charge in [-0.05, 0) is 0 Å². The summed E-state index contributed by atoms with van der Waals surface area (Å²) in [4.78, 5) is 19.0. The van der Waals surface area contributed by atoms with Gasteiger partial charge in [-0.15, -0.1) is 0 Å². The lowest BCUT2D eigenvalue weighted by molar-refractivity contribution is -0.139. The largest absolute Gasteiger partial charge is 0.481 e. The highest BCUT2D eigenvalue weighted by Gasteiger charge is 1.93. The number of carboxylic acids is 1. The molecule has 0 atom stereocenters. The summed E-state index contributed by atoms with van der Waals surface area (Å²) < 4.78 is 4.13. The lowest BCUT2D eigenvalue weighted by Crippen LogP contribution is -1.96. The SMILES string of the molecule is CC(=O)O.COC(=O)CC#N. The fraction of sp³-hybridized carbons (Fsp3) is 0.500. The minimum Gasteiger partial charge on any atom is -0.481 e. The van der Waals surface area contributed by atoms with E-state index in [2.05, 4.69) is 4.74 Å². The van der Waals surface area contributed by atoms with Gasteiger partial charge in [0.15, 0.2) is 0 Å². The first-order chi connectivity index (χ1) is 5.04. The van der Waals surface area contributed by atoms with Gasteiger partial charge >= 0.3 is 5.97 Å². The zero-order valence-corrected chi connectivity index (χ0v) is 6.33. The lowest BCUT2D eigenvalue weighted by Gasteiger charge is -1.85. The van der Waals surface area contributed by atoms with Crippen LogP contribution in [0, 0.1) is 11.3 Å². The molecule has 0 aliphatic rings. The fourth-order valence-electron chi connectivity index (χ4n) is 0.137. The lowest BCUT2D eigenvalue weighted by atomic mass is 10.5. The Labute approximate surface area is 64.2 Å². The number of carbonyl (C=O) groups is 2. The normalized spacial score (nSPS) is 6.64. The van der Waals surface area contributed by atoms with Crippen LogP contribution >= 0.6 is 0 Å². The van der Waals surface area contributed by atoms with Crippen LogP contribution in [0.5, 0.6) is 0 Å². The molecule has 0 rings (SSSR count). The number of nitrogens with zero attached hydrogens (tertiary/aromatic N) is 1. The van der Waals surface area contributed by atoms with Gasteiger partial charge in [0.2, 0.25) is 0 Å². The van der Waals surface area contributed by atoms with E-state index in [-0.39, 0.29) is 6.42 Å². The molecule has 0 fully saturated rings. The number of aliphatic carboxylic acids is 1. The van der Waals surface area contributed by atoms with Crippen LogP contribution in [0.3, 0.4) is 0 Å². The standard InChI is InChI=1S/C4H5NO2.C2H4O2/c1-7-4(6)2-3-5;1-2(3)4/h2H2,1H3;1H3,(H,3,4). The molecule has 62 valence electrons. The molecule has 5 heteroatoms. The molecule has 0 saturated heterocycles. The zero-order chi connectivity index (χ0) is 9.28. The number of hydrogen-bond acceptors (Lipinski definition) is 4. The molecule has 0 amide bonds. The Balaban J connectivity index is 0. The highest BCUT2D eigenvalue weighted by molar-refractivity contribution is 5.71. The van der Waals surface area contributed by atoms with E-state index in [9.17, 15) is 4.79 Å². The van der Waals surface area contributed by atoms with Gasteiger partial charge in [-0.25, -0.2) is 0 Å². The van der Waals surface area contributed by atoms with Crippen molar-refractivity contribution in [3.63, 3.8) is 0 Å². The van der Waals surface area contributed by atoms with Crippen molar-refractivity contribution in [2.45, 2.75) is 13.3 Å². The van der Waals surface area contributed by atoms with Crippen LogP contribution in [0.15, 0.2) is 0 Å². The van der Waals surface area contributed by atoms with E-state index in [1.807, 2.05) is 0 Å². The second-order valence-corrected chi connectivity index (χ2v) is 1.43. The number of carboxylic acid groups (broad SMARTS) is 1. The summed E-state index contributed by atoms with van der Waals surface area (Å²) in [7, 11) is 1.25. The van der Waals surface area contributed by atoms with E-state index in [4.69, 9.17) is 15.2 Å². The Kier molecular flexibility index (Phi) is 9.30. The Morgan fingerprint density at radius 2 is 2.00 bits per heavy atom. The molecule has 0 aromatic rings. The molecule has 0 aliphatic carbocycles. The van der Waals surface area contributed by atoms with Gasteiger partial charge < -0.3 is 9.84 Å². The van der Waals surface area contributed by atoms with E-state index >= 15 is 0 Å². The number of hydrogen-bond donors (Lipinski definition) is 1. The third kappa shape index (κ3) is 29.6. The van der Waals surface area contributed by atoms with Crippen molar-refractivity contribution in [3.05, 3.63) is 0 Å². The molecule has 1 N–H and O–H groups in total. The Morgan fingerprint density at radius 1 is 1.64 bits per heavy atom. The van der Waals surface area contributed by atoms with Crippen LogP contribution in [-0.4, -0.2) is 24.2 Å². The van der Waals surface area contributed by atoms with Gasteiger partial charge in [0, 0.05) is 6.92 Å². The molecule has 0 saturated carbocycles. The van der Waals surface area contributed by atoms with Crippen molar-refractivity contribution >= 4 is 11.9 Å². The molecule has 0 spiro atoms. The quantitative estimate of drug-likeness (QED) is 0.551. The third-order valence-electron chi connectivity index (χ3n) is 0.451. The summed E-state index contributed by atoms with van der Waals surface area (Å²) >= 11 is 0. The van der Waals surface area contributed by atoms with E-state index in [0.717, 1.165) is 6.92 Å². The number of carbonyl (C=O) groups excluding carboxylic acids is 1. The molecule has 0 heterocycles. The fourth-order valence-corrected chi connectivity index (χ4v) is 0.137. The number of rotatable bonds is 1. The average Bonchev–Trinajstić information content (AvgIpc) is 1.87. The number of esters is 1. The Morgan fingerprint density at radius 3 is 2.09 bits per heavy atom. The molecular weight excluding hydrogens is 150 g/mol. The van der Waals surface area contributed by atoms with Crippen LogP contribution in [-0.2, 0) is 14.3 Å². The second-order valence-electron chi connectivity index (χ2n) is 1.43. The summed E-state index contributed by atoms with van der Waals surface area (Å²) in [5, 5.41) is 15.2. The average molecular weight is 159 g/mol. The van der Waals surface area contributed by atoms with Crippen LogP contribution in [0.1, 0.15) is 13.3 Å². The van der Waals surface area contributed by atoms with Crippen LogP contribution < -0.4 is 0 Å². The van der Waals surface area contributed by atoms with Crippen molar-refractivity contribution in [1.82, 2.24) is 0 Å². The predicted molar refractivity (Wildman–Crippen MR) is 35.6 cm³/mol. The Bertz CT molecular complexity index is 166. The molecule has 0 aromatic heterocycles. The zero-order valence-electron chi connectivity index (χ0n) is 6.33. The molecule has 11 heavy (non-hydrogen) atoms. The second kappa shape index (κ2) is 8.43. The van der Waals surface area contributed by atoms with Crippen LogP contribution in [0.25, 0.3) is 0 Å². The van der Waals surface area contributed by atoms with Crippen molar-refractivity contribution in [2.24, 2.45) is 0 Å². The van der Waals surface area contributed by atoms with Gasteiger partial charge in [0.1, 0.15) is 6.42 Å². The number of ether oxygens (including phenoxy) is 1. The topological polar surface area (TPSA) is 87.4 Å². The van der Waals surface area contributed by atoms with Crippen molar-refractivity contribution in [1.29, 1.82) is 5.26 Å². The molecule has 0 aliphatic heterocycles. The number of nitriles is 1. The minimum atomic E-state index is -0.833.